The molecule has 7 heteroatoms. The summed E-state index contributed by atoms with van der Waals surface area (Å²) in [5.41, 5.74) is -0.515. The van der Waals surface area contributed by atoms with E-state index in [-0.39, 0.29) is 0 Å². The number of carbonyl (C=O) groups is 2. The molecule has 0 bridgehead atoms. The zero-order chi connectivity index (χ0) is 14.5. The second-order valence-corrected chi connectivity index (χ2v) is 8.12. The highest BCUT2D eigenvalue weighted by molar-refractivity contribution is 8.06. The fourth-order valence-electron chi connectivity index (χ4n) is 1.69. The molecule has 1 heterocycles. The van der Waals surface area contributed by atoms with Crippen LogP contribution in [0.4, 0.5) is 4.79 Å². The SMILES string of the molecule is CC(C)(C)[C@@H](NC(=O)NCC1CSCCS1)C(=O)O. The first kappa shape index (κ1) is 16.5. The second-order valence-electron chi connectivity index (χ2n) is 5.56. The van der Waals surface area contributed by atoms with Gasteiger partial charge in [-0.15, -0.1) is 0 Å². The molecule has 1 unspecified atom stereocenters. The van der Waals surface area contributed by atoms with Gasteiger partial charge in [0.2, 0.25) is 0 Å². The summed E-state index contributed by atoms with van der Waals surface area (Å²) in [6, 6.07) is -1.29. The molecule has 5 nitrogen and oxygen atoms in total. The van der Waals surface area contributed by atoms with Crippen LogP contribution in [0.1, 0.15) is 20.8 Å². The zero-order valence-electron chi connectivity index (χ0n) is 11.6. The van der Waals surface area contributed by atoms with Crippen molar-refractivity contribution in [1.29, 1.82) is 0 Å². The molecular formula is C12H22N2O3S2. The van der Waals surface area contributed by atoms with E-state index < -0.39 is 23.5 Å². The molecule has 2 amide bonds. The van der Waals surface area contributed by atoms with Gasteiger partial charge in [-0.3, -0.25) is 0 Å². The molecule has 1 fully saturated rings. The predicted molar refractivity (Wildman–Crippen MR) is 81.0 cm³/mol. The standard InChI is InChI=1S/C12H22N2O3S2/c1-12(2,3)9(10(15)16)14-11(17)13-6-8-7-18-4-5-19-8/h8-9H,4-7H2,1-3H3,(H,15,16)(H2,13,14,17)/t8?,9-/m0/s1. The summed E-state index contributed by atoms with van der Waals surface area (Å²) in [6.07, 6.45) is 0. The Labute approximate surface area is 122 Å². The first-order valence-corrected chi connectivity index (χ1v) is 8.47. The van der Waals surface area contributed by atoms with Gasteiger partial charge in [-0.05, 0) is 5.41 Å². The van der Waals surface area contributed by atoms with Crippen LogP contribution in [0, 0.1) is 5.41 Å². The van der Waals surface area contributed by atoms with E-state index >= 15 is 0 Å². The molecule has 3 N–H and O–H groups in total. The van der Waals surface area contributed by atoms with Gasteiger partial charge in [-0.2, -0.15) is 23.5 Å². The molecule has 0 aromatic carbocycles. The molecule has 0 aliphatic carbocycles. The summed E-state index contributed by atoms with van der Waals surface area (Å²) < 4.78 is 0. The van der Waals surface area contributed by atoms with Crippen LogP contribution in [0.3, 0.4) is 0 Å². The number of carbonyl (C=O) groups excluding carboxylic acids is 1. The molecule has 110 valence electrons. The van der Waals surface area contributed by atoms with Crippen molar-refractivity contribution < 1.29 is 14.7 Å². The highest BCUT2D eigenvalue weighted by Crippen LogP contribution is 2.23. The number of aliphatic carboxylic acids is 1. The summed E-state index contributed by atoms with van der Waals surface area (Å²) in [6.45, 7) is 5.96. The van der Waals surface area contributed by atoms with E-state index in [1.807, 2.05) is 23.5 Å². The first-order valence-electron chi connectivity index (χ1n) is 6.27. The Balaban J connectivity index is 2.38. The second kappa shape index (κ2) is 7.28. The number of hydrogen-bond donors (Lipinski definition) is 3. The largest absolute Gasteiger partial charge is 0.480 e. The molecule has 1 aliphatic rings. The molecule has 1 aliphatic heterocycles. The quantitative estimate of drug-likeness (QED) is 0.736. The molecule has 0 aromatic heterocycles. The van der Waals surface area contributed by atoms with Gasteiger partial charge < -0.3 is 15.7 Å². The van der Waals surface area contributed by atoms with Gasteiger partial charge in [0, 0.05) is 29.1 Å². The van der Waals surface area contributed by atoms with E-state index in [4.69, 9.17) is 5.11 Å². The first-order chi connectivity index (χ1) is 8.80. The minimum atomic E-state index is -1.01. The van der Waals surface area contributed by atoms with Crippen molar-refractivity contribution >= 4 is 35.5 Å². The fraction of sp³-hybridized carbons (Fsp3) is 0.833. The number of rotatable bonds is 4. The van der Waals surface area contributed by atoms with Gasteiger partial charge >= 0.3 is 12.0 Å². The van der Waals surface area contributed by atoms with E-state index in [2.05, 4.69) is 10.6 Å². The average molecular weight is 306 g/mol. The van der Waals surface area contributed by atoms with Gasteiger partial charge in [0.15, 0.2) is 0 Å². The smallest absolute Gasteiger partial charge is 0.326 e. The lowest BCUT2D eigenvalue weighted by Crippen LogP contribution is -2.53. The van der Waals surface area contributed by atoms with Gasteiger partial charge in [0.25, 0.3) is 0 Å². The summed E-state index contributed by atoms with van der Waals surface area (Å²) in [7, 11) is 0. The van der Waals surface area contributed by atoms with E-state index in [1.165, 1.54) is 5.75 Å². The molecule has 0 spiro atoms. The number of carboxylic acids is 1. The third-order valence-electron chi connectivity index (χ3n) is 2.76. The molecule has 19 heavy (non-hydrogen) atoms. The molecule has 1 rings (SSSR count). The van der Waals surface area contributed by atoms with Crippen molar-refractivity contribution in [3.8, 4) is 0 Å². The zero-order valence-corrected chi connectivity index (χ0v) is 13.2. The fourth-order valence-corrected chi connectivity index (χ4v) is 4.30. The van der Waals surface area contributed by atoms with Gasteiger partial charge in [-0.1, -0.05) is 20.8 Å². The number of urea groups is 1. The summed E-state index contributed by atoms with van der Waals surface area (Å²) in [5.74, 6) is 2.30. The lowest BCUT2D eigenvalue weighted by atomic mass is 9.87. The van der Waals surface area contributed by atoms with Crippen LogP contribution >= 0.6 is 23.5 Å². The molecule has 0 radical (unpaired) electrons. The summed E-state index contributed by atoms with van der Waals surface area (Å²) >= 11 is 3.75. The summed E-state index contributed by atoms with van der Waals surface area (Å²) in [5, 5.41) is 14.8. The predicted octanol–water partition coefficient (Wildman–Crippen LogP) is 1.63. The normalized spacial score (nSPS) is 21.5. The van der Waals surface area contributed by atoms with Crippen molar-refractivity contribution in [2.75, 3.05) is 23.8 Å². The van der Waals surface area contributed by atoms with Crippen LogP contribution in [0.15, 0.2) is 0 Å². The van der Waals surface area contributed by atoms with Crippen molar-refractivity contribution in [3.63, 3.8) is 0 Å². The minimum Gasteiger partial charge on any atom is -0.480 e. The lowest BCUT2D eigenvalue weighted by Gasteiger charge is -2.28. The Morgan fingerprint density at radius 3 is 2.53 bits per heavy atom. The van der Waals surface area contributed by atoms with Crippen LogP contribution in [0.5, 0.6) is 0 Å². The number of hydrogen-bond acceptors (Lipinski definition) is 4. The van der Waals surface area contributed by atoms with E-state index in [0.717, 1.165) is 11.5 Å². The summed E-state index contributed by atoms with van der Waals surface area (Å²) in [4.78, 5) is 22.9. The Kier molecular flexibility index (Phi) is 6.32. The highest BCUT2D eigenvalue weighted by atomic mass is 32.2. The van der Waals surface area contributed by atoms with Crippen LogP contribution in [0.25, 0.3) is 0 Å². The van der Waals surface area contributed by atoms with Crippen LogP contribution in [-0.4, -0.2) is 52.2 Å². The number of nitrogens with one attached hydrogen (secondary N) is 2. The van der Waals surface area contributed by atoms with Gasteiger partial charge in [-0.25, -0.2) is 9.59 Å². The molecule has 0 saturated carbocycles. The van der Waals surface area contributed by atoms with E-state index in [0.29, 0.717) is 11.8 Å². The third kappa shape index (κ3) is 5.95. The van der Waals surface area contributed by atoms with Crippen molar-refractivity contribution in [2.45, 2.75) is 32.1 Å². The van der Waals surface area contributed by atoms with Crippen LogP contribution in [0.2, 0.25) is 0 Å². The lowest BCUT2D eigenvalue weighted by molar-refractivity contribution is -0.141. The number of carboxylic acid groups (broad SMARTS) is 1. The molecule has 2 atom stereocenters. The maximum atomic E-state index is 11.7. The van der Waals surface area contributed by atoms with Gasteiger partial charge in [0.05, 0.1) is 0 Å². The van der Waals surface area contributed by atoms with Crippen LogP contribution in [-0.2, 0) is 4.79 Å². The highest BCUT2D eigenvalue weighted by Gasteiger charge is 2.32. The molecule has 1 saturated heterocycles. The van der Waals surface area contributed by atoms with Gasteiger partial charge in [0.1, 0.15) is 6.04 Å². The van der Waals surface area contributed by atoms with E-state index in [1.54, 1.807) is 20.8 Å². The van der Waals surface area contributed by atoms with Crippen molar-refractivity contribution in [1.82, 2.24) is 10.6 Å². The average Bonchev–Trinajstić information content (AvgIpc) is 2.33. The monoisotopic (exact) mass is 306 g/mol. The Morgan fingerprint density at radius 1 is 1.37 bits per heavy atom. The van der Waals surface area contributed by atoms with Crippen molar-refractivity contribution in [2.24, 2.45) is 5.41 Å². The Morgan fingerprint density at radius 2 is 2.05 bits per heavy atom. The van der Waals surface area contributed by atoms with E-state index in [9.17, 15) is 9.59 Å². The molecule has 0 aromatic rings. The minimum absolute atomic E-state index is 0.404. The maximum absolute atomic E-state index is 11.7. The Bertz CT molecular complexity index is 325. The molecular weight excluding hydrogens is 284 g/mol. The Hall–Kier alpha value is -0.560. The van der Waals surface area contributed by atoms with Crippen molar-refractivity contribution in [3.05, 3.63) is 0 Å². The maximum Gasteiger partial charge on any atom is 0.326 e. The topological polar surface area (TPSA) is 78.4 Å². The third-order valence-corrected chi connectivity index (χ3v) is 5.61. The number of amides is 2. The number of thioether (sulfide) groups is 2. The van der Waals surface area contributed by atoms with Crippen LogP contribution < -0.4 is 10.6 Å².